The Bertz CT molecular complexity index is 1830. The van der Waals surface area contributed by atoms with Crippen LogP contribution in [0.25, 0.3) is 22.3 Å². The molecule has 1 aliphatic heterocycles. The highest BCUT2D eigenvalue weighted by molar-refractivity contribution is 7.70. The van der Waals surface area contributed by atoms with Crippen LogP contribution in [0.15, 0.2) is 48.8 Å². The van der Waals surface area contributed by atoms with E-state index in [2.05, 4.69) is 20.3 Å². The Morgan fingerprint density at radius 1 is 1.00 bits per heavy atom. The van der Waals surface area contributed by atoms with Crippen molar-refractivity contribution in [2.24, 2.45) is 0 Å². The summed E-state index contributed by atoms with van der Waals surface area (Å²) < 4.78 is 34.8. The van der Waals surface area contributed by atoms with Crippen molar-refractivity contribution in [3.8, 4) is 11.1 Å². The Hall–Kier alpha value is -3.07. The number of halogens is 1. The van der Waals surface area contributed by atoms with E-state index in [-0.39, 0.29) is 28.0 Å². The number of rotatable bonds is 8. The number of nitrogens with one attached hydrogen (secondary N) is 1. The molecule has 5 atom stereocenters. The molecule has 0 amide bonds. The second-order valence-corrected chi connectivity index (χ2v) is 14.0. The predicted molar refractivity (Wildman–Crippen MR) is 148 cm³/mol. The van der Waals surface area contributed by atoms with Gasteiger partial charge in [-0.25, -0.2) is 4.98 Å². The number of nitrogens with zero attached hydrogens (tertiary/aromatic N) is 4. The Balaban J connectivity index is 1.26. The number of hydrogen-bond donors (Lipinski definition) is 6. The summed E-state index contributed by atoms with van der Waals surface area (Å²) in [5.74, 6) is -1.28. The molecule has 0 radical (unpaired) electrons. The summed E-state index contributed by atoms with van der Waals surface area (Å²) in [6, 6.07) is 12.5. The molecule has 2 unspecified atom stereocenters. The molecule has 0 saturated carbocycles. The topological polar surface area (TPSA) is 226 Å². The number of anilines is 2. The molecule has 4 aromatic rings. The number of benzene rings is 2. The number of aromatic nitrogens is 4. The highest BCUT2D eigenvalue weighted by Crippen LogP contribution is 2.55. The van der Waals surface area contributed by atoms with E-state index in [1.165, 1.54) is 10.9 Å². The molecule has 2 aliphatic rings. The van der Waals surface area contributed by atoms with Crippen LogP contribution >= 0.6 is 26.8 Å². The molecule has 6 rings (SSSR count). The molecular weight excluding hydrogens is 616 g/mol. The van der Waals surface area contributed by atoms with Crippen molar-refractivity contribution in [1.29, 1.82) is 0 Å². The van der Waals surface area contributed by atoms with E-state index in [1.807, 2.05) is 12.1 Å². The monoisotopic (exact) mass is 637 g/mol. The third-order valence-electron chi connectivity index (χ3n) is 6.80. The van der Waals surface area contributed by atoms with E-state index in [0.29, 0.717) is 16.8 Å². The van der Waals surface area contributed by atoms with Gasteiger partial charge in [0, 0.05) is 16.8 Å². The van der Waals surface area contributed by atoms with Gasteiger partial charge in [-0.05, 0) is 40.9 Å². The smallest absolute Gasteiger partial charge is 0.340 e. The molecule has 1 saturated heterocycles. The highest BCUT2D eigenvalue weighted by Gasteiger charge is 2.46. The molecule has 3 heterocycles. The number of hydrogen-bond acceptors (Lipinski definition) is 11. The summed E-state index contributed by atoms with van der Waals surface area (Å²) in [5.41, 5.74) is 3.66. The van der Waals surface area contributed by atoms with Gasteiger partial charge in [0.1, 0.15) is 18.3 Å². The Kier molecular flexibility index (Phi) is 7.31. The van der Waals surface area contributed by atoms with E-state index in [0.717, 1.165) is 11.1 Å². The largest absolute Gasteiger partial charge is 0.387 e. The minimum atomic E-state index is -4.86. The van der Waals surface area contributed by atoms with Gasteiger partial charge in [-0.15, -0.1) is 0 Å². The number of ether oxygens (including phenoxy) is 1. The van der Waals surface area contributed by atoms with Crippen LogP contribution in [0.1, 0.15) is 22.1 Å². The highest BCUT2D eigenvalue weighted by atomic mass is 35.5. The average molecular weight is 638 g/mol. The molecule has 1 aliphatic carbocycles. The Morgan fingerprint density at radius 3 is 2.45 bits per heavy atom. The van der Waals surface area contributed by atoms with E-state index in [9.17, 15) is 29.0 Å². The number of carbonyl (C=O) groups is 1. The van der Waals surface area contributed by atoms with Crippen molar-refractivity contribution in [1.82, 2.24) is 19.5 Å². The van der Waals surface area contributed by atoms with Crippen molar-refractivity contribution in [2.75, 3.05) is 17.8 Å². The average Bonchev–Trinajstić information content (AvgIpc) is 3.54. The second-order valence-electron chi connectivity index (χ2n) is 9.71. The third-order valence-corrected chi connectivity index (χ3v) is 10.4. The minimum Gasteiger partial charge on any atom is -0.387 e. The van der Waals surface area contributed by atoms with Crippen molar-refractivity contribution < 1.29 is 48.1 Å². The van der Waals surface area contributed by atoms with Gasteiger partial charge in [-0.1, -0.05) is 24.3 Å². The molecule has 2 aromatic heterocycles. The van der Waals surface area contributed by atoms with Gasteiger partial charge < -0.3 is 39.5 Å². The number of ketones is 1. The van der Waals surface area contributed by atoms with Crippen LogP contribution in [0, 0.1) is 0 Å². The SMILES string of the molecule is O=C1c2ccccc2-c2cc(Nc3nc(Cl)nc4c3ncn4[C@@H]3O[C@H](COP(=O)(O)CP(=O)(O)O)[C@H](O)C3O)ccc21. The maximum Gasteiger partial charge on any atom is 0.340 e. The number of aliphatic hydroxyl groups is 2. The number of imidazole rings is 1. The quantitative estimate of drug-likeness (QED) is 0.106. The van der Waals surface area contributed by atoms with Gasteiger partial charge in [0.25, 0.3) is 0 Å². The molecular formula is C24H22ClN5O10P2. The van der Waals surface area contributed by atoms with Crippen molar-refractivity contribution in [3.05, 3.63) is 65.2 Å². The molecule has 42 heavy (non-hydrogen) atoms. The van der Waals surface area contributed by atoms with Gasteiger partial charge in [-0.2, -0.15) is 9.97 Å². The number of aliphatic hydroxyl groups excluding tert-OH is 2. The fourth-order valence-corrected chi connectivity index (χ4v) is 7.70. The molecule has 0 bridgehead atoms. The first-order chi connectivity index (χ1) is 19.8. The minimum absolute atomic E-state index is 0.0667. The van der Waals surface area contributed by atoms with Crippen molar-refractivity contribution in [2.45, 2.75) is 24.5 Å². The van der Waals surface area contributed by atoms with E-state index in [4.69, 9.17) is 30.6 Å². The molecule has 2 aromatic carbocycles. The molecule has 220 valence electrons. The van der Waals surface area contributed by atoms with Crippen LogP contribution < -0.4 is 5.32 Å². The summed E-state index contributed by atoms with van der Waals surface area (Å²) in [6.45, 7) is -0.748. The lowest BCUT2D eigenvalue weighted by atomic mass is 10.1. The molecule has 1 fully saturated rings. The van der Waals surface area contributed by atoms with Crippen LogP contribution in [0.3, 0.4) is 0 Å². The normalized spacial score (nSPS) is 23.1. The Labute approximate surface area is 241 Å². The van der Waals surface area contributed by atoms with Gasteiger partial charge in [0.05, 0.1) is 12.9 Å². The summed E-state index contributed by atoms with van der Waals surface area (Å²) in [4.78, 5) is 53.1. The third kappa shape index (κ3) is 5.40. The molecule has 18 heteroatoms. The maximum atomic E-state index is 12.7. The zero-order valence-electron chi connectivity index (χ0n) is 21.2. The lowest BCUT2D eigenvalue weighted by Gasteiger charge is -2.18. The number of carbonyl (C=O) groups excluding carboxylic acids is 1. The summed E-state index contributed by atoms with van der Waals surface area (Å²) in [6.07, 6.45) is -4.54. The zero-order chi connectivity index (χ0) is 30.0. The maximum absolute atomic E-state index is 12.7. The summed E-state index contributed by atoms with van der Waals surface area (Å²) >= 11 is 6.21. The predicted octanol–water partition coefficient (Wildman–Crippen LogP) is 2.39. The van der Waals surface area contributed by atoms with Crippen molar-refractivity contribution in [3.63, 3.8) is 0 Å². The van der Waals surface area contributed by atoms with Gasteiger partial charge in [0.2, 0.25) is 5.28 Å². The number of fused-ring (bicyclic) bond motifs is 4. The van der Waals surface area contributed by atoms with Gasteiger partial charge >= 0.3 is 15.2 Å². The van der Waals surface area contributed by atoms with Gasteiger partial charge in [0.15, 0.2) is 34.9 Å². The van der Waals surface area contributed by atoms with Crippen LogP contribution in [-0.2, 0) is 18.4 Å². The van der Waals surface area contributed by atoms with Crippen LogP contribution in [0.4, 0.5) is 11.5 Å². The molecule has 0 spiro atoms. The lowest BCUT2D eigenvalue weighted by Crippen LogP contribution is -2.33. The summed E-state index contributed by atoms with van der Waals surface area (Å²) in [7, 11) is -9.59. The van der Waals surface area contributed by atoms with E-state index >= 15 is 0 Å². The standard InChI is InChI=1S/C24H22ClN5O10P2/c25-24-28-21(27-11-5-6-14-15(7-11)12-3-1-2-4-13(12)18(14)31)17-22(29-24)30(9-26-17)23-20(33)19(32)16(40-23)8-39-42(37,38)10-41(34,35)36/h1-7,9,16,19-20,23,32-33H,8,10H2,(H,37,38)(H,27,28,29)(H2,34,35,36)/t16-,19+,20?,23-/m1/s1. The first-order valence-corrected chi connectivity index (χ1v) is 16.2. The molecule has 15 nitrogen and oxygen atoms in total. The first-order valence-electron chi connectivity index (χ1n) is 12.3. The lowest BCUT2D eigenvalue weighted by molar-refractivity contribution is -0.0483. The van der Waals surface area contributed by atoms with Crippen molar-refractivity contribution >= 4 is 55.2 Å². The fourth-order valence-electron chi connectivity index (χ4n) is 4.96. The van der Waals surface area contributed by atoms with Gasteiger partial charge in [-0.3, -0.25) is 18.5 Å². The summed E-state index contributed by atoms with van der Waals surface area (Å²) in [5, 5.41) is 24.1. The van der Waals surface area contributed by atoms with E-state index in [1.54, 1.807) is 30.3 Å². The van der Waals surface area contributed by atoms with Crippen LogP contribution in [0.2, 0.25) is 5.28 Å². The first kappa shape index (κ1) is 29.0. The van der Waals surface area contributed by atoms with Crippen LogP contribution in [-0.4, -0.2) is 81.0 Å². The second kappa shape index (κ2) is 10.6. The zero-order valence-corrected chi connectivity index (χ0v) is 23.7. The molecule has 6 N–H and O–H groups in total. The van der Waals surface area contributed by atoms with E-state index < -0.39 is 52.2 Å². The van der Waals surface area contributed by atoms with Crippen LogP contribution in [0.5, 0.6) is 0 Å². The fraction of sp³-hybridized carbons (Fsp3) is 0.250. The Morgan fingerprint density at radius 2 is 1.71 bits per heavy atom.